The first-order chi connectivity index (χ1) is 13.0. The summed E-state index contributed by atoms with van der Waals surface area (Å²) in [7, 11) is 3.13. The number of aromatic nitrogens is 1. The summed E-state index contributed by atoms with van der Waals surface area (Å²) in [6.07, 6.45) is 2.99. The van der Waals surface area contributed by atoms with Gasteiger partial charge in [-0.25, -0.2) is 0 Å². The number of rotatable bonds is 9. The number of nitrogens with one attached hydrogen (secondary N) is 1. The first-order valence-electron chi connectivity index (χ1n) is 8.39. The Morgan fingerprint density at radius 3 is 2.67 bits per heavy atom. The van der Waals surface area contributed by atoms with Gasteiger partial charge in [-0.15, -0.1) is 0 Å². The fourth-order valence-corrected chi connectivity index (χ4v) is 2.26. The number of amidine groups is 1. The molecule has 0 fully saturated rings. The predicted molar refractivity (Wildman–Crippen MR) is 102 cm³/mol. The van der Waals surface area contributed by atoms with Gasteiger partial charge in [0.15, 0.2) is 11.5 Å². The Morgan fingerprint density at radius 1 is 1.22 bits per heavy atom. The second-order valence-corrected chi connectivity index (χ2v) is 5.78. The summed E-state index contributed by atoms with van der Waals surface area (Å²) >= 11 is 0. The van der Waals surface area contributed by atoms with E-state index < -0.39 is 6.10 Å². The van der Waals surface area contributed by atoms with Crippen LogP contribution in [-0.4, -0.2) is 37.1 Å². The molecule has 1 heterocycles. The number of nitrogens with zero attached hydrogens (tertiary/aromatic N) is 2. The van der Waals surface area contributed by atoms with E-state index in [0.717, 1.165) is 11.1 Å². The topological polar surface area (TPSA) is 108 Å². The minimum atomic E-state index is -0.780. The van der Waals surface area contributed by atoms with Crippen LogP contribution in [-0.2, 0) is 22.6 Å². The summed E-state index contributed by atoms with van der Waals surface area (Å²) in [6.45, 7) is 1.92. The van der Waals surface area contributed by atoms with E-state index in [1.54, 1.807) is 45.7 Å². The van der Waals surface area contributed by atoms with Gasteiger partial charge in [0.25, 0.3) is 5.91 Å². The molecule has 0 bridgehead atoms. The lowest BCUT2D eigenvalue weighted by Gasteiger charge is -2.13. The summed E-state index contributed by atoms with van der Waals surface area (Å²) in [6, 6.07) is 9.12. The molecule has 8 nitrogen and oxygen atoms in total. The van der Waals surface area contributed by atoms with Crippen LogP contribution in [0.2, 0.25) is 0 Å². The summed E-state index contributed by atoms with van der Waals surface area (Å²) in [5.41, 5.74) is 7.60. The molecule has 8 heteroatoms. The van der Waals surface area contributed by atoms with Crippen molar-refractivity contribution in [3.63, 3.8) is 0 Å². The molecule has 0 aliphatic heterocycles. The molecule has 0 aliphatic rings. The molecular formula is C19H24N4O4. The number of pyridine rings is 1. The van der Waals surface area contributed by atoms with Gasteiger partial charge in [-0.3, -0.25) is 9.78 Å². The van der Waals surface area contributed by atoms with Gasteiger partial charge in [-0.05, 0) is 36.2 Å². The molecule has 0 aliphatic carbocycles. The van der Waals surface area contributed by atoms with Crippen molar-refractivity contribution in [2.75, 3.05) is 14.2 Å². The number of oxime groups is 1. The third-order valence-electron chi connectivity index (χ3n) is 3.72. The molecule has 2 rings (SSSR count). The fourth-order valence-electron chi connectivity index (χ4n) is 2.26. The van der Waals surface area contributed by atoms with E-state index >= 15 is 0 Å². The Hall–Kier alpha value is -3.29. The maximum absolute atomic E-state index is 12.2. The second-order valence-electron chi connectivity index (χ2n) is 5.78. The van der Waals surface area contributed by atoms with Crippen molar-refractivity contribution >= 4 is 11.7 Å². The Balaban J connectivity index is 1.84. The van der Waals surface area contributed by atoms with Gasteiger partial charge in [0, 0.05) is 25.4 Å². The van der Waals surface area contributed by atoms with Crippen LogP contribution in [0.25, 0.3) is 0 Å². The molecule has 0 saturated heterocycles. The van der Waals surface area contributed by atoms with Crippen LogP contribution in [0, 0.1) is 0 Å². The molecule has 1 aromatic carbocycles. The van der Waals surface area contributed by atoms with Crippen LogP contribution in [0.3, 0.4) is 0 Å². The van der Waals surface area contributed by atoms with Gasteiger partial charge in [0.1, 0.15) is 5.84 Å². The quantitative estimate of drug-likeness (QED) is 0.393. The van der Waals surface area contributed by atoms with Gasteiger partial charge in [-0.2, -0.15) is 0 Å². The molecule has 1 aromatic heterocycles. The third kappa shape index (κ3) is 6.18. The zero-order valence-electron chi connectivity index (χ0n) is 15.6. The van der Waals surface area contributed by atoms with E-state index in [4.69, 9.17) is 20.0 Å². The highest BCUT2D eigenvalue weighted by Gasteiger charge is 2.14. The number of methoxy groups -OCH3 is 2. The number of amides is 1. The van der Waals surface area contributed by atoms with Crippen LogP contribution in [0.1, 0.15) is 18.1 Å². The number of carbonyl (C=O) groups is 1. The monoisotopic (exact) mass is 372 g/mol. The molecule has 2 aromatic rings. The van der Waals surface area contributed by atoms with Crippen molar-refractivity contribution in [3.8, 4) is 11.5 Å². The smallest absolute Gasteiger partial charge is 0.263 e. The number of carbonyl (C=O) groups excluding carboxylic acids is 1. The highest BCUT2D eigenvalue weighted by Crippen LogP contribution is 2.27. The van der Waals surface area contributed by atoms with E-state index in [9.17, 15) is 4.79 Å². The molecule has 1 amide bonds. The lowest BCUT2D eigenvalue weighted by atomic mass is 10.2. The standard InChI is InChI=1S/C19H24N4O4/c1-13(27-23-18(20)10-14-5-4-8-21-11-14)19(24)22-12-15-6-7-16(25-2)17(9-15)26-3/h4-9,11,13H,10,12H2,1-3H3,(H2,20,23)(H,22,24). The van der Waals surface area contributed by atoms with E-state index in [0.29, 0.717) is 24.5 Å². The highest BCUT2D eigenvalue weighted by molar-refractivity contribution is 5.83. The maximum atomic E-state index is 12.2. The predicted octanol–water partition coefficient (Wildman–Crippen LogP) is 1.63. The summed E-state index contributed by atoms with van der Waals surface area (Å²) in [5, 5.41) is 6.60. The normalized spacial score (nSPS) is 12.2. The highest BCUT2D eigenvalue weighted by atomic mass is 16.6. The average molecular weight is 372 g/mol. The van der Waals surface area contributed by atoms with Crippen molar-refractivity contribution in [1.29, 1.82) is 0 Å². The Kier molecular flexibility index (Phi) is 7.42. The Labute approximate surface area is 158 Å². The average Bonchev–Trinajstić information content (AvgIpc) is 2.70. The van der Waals surface area contributed by atoms with E-state index in [1.807, 2.05) is 18.2 Å². The van der Waals surface area contributed by atoms with Gasteiger partial charge in [-0.1, -0.05) is 17.3 Å². The number of benzene rings is 1. The van der Waals surface area contributed by atoms with Crippen LogP contribution in [0.5, 0.6) is 11.5 Å². The summed E-state index contributed by atoms with van der Waals surface area (Å²) in [4.78, 5) is 21.4. The van der Waals surface area contributed by atoms with Crippen LogP contribution in [0.15, 0.2) is 47.9 Å². The number of hydrogen-bond donors (Lipinski definition) is 2. The van der Waals surface area contributed by atoms with Crippen molar-refractivity contribution in [3.05, 3.63) is 53.9 Å². The lowest BCUT2D eigenvalue weighted by Crippen LogP contribution is -2.33. The van der Waals surface area contributed by atoms with Crippen molar-refractivity contribution in [2.24, 2.45) is 10.9 Å². The van der Waals surface area contributed by atoms with Gasteiger partial charge < -0.3 is 25.4 Å². The molecule has 0 saturated carbocycles. The summed E-state index contributed by atoms with van der Waals surface area (Å²) in [5.74, 6) is 1.19. The fraction of sp³-hybridized carbons (Fsp3) is 0.316. The zero-order valence-corrected chi connectivity index (χ0v) is 15.6. The van der Waals surface area contributed by atoms with Crippen molar-refractivity contribution in [1.82, 2.24) is 10.3 Å². The maximum Gasteiger partial charge on any atom is 0.263 e. The van der Waals surface area contributed by atoms with Crippen molar-refractivity contribution in [2.45, 2.75) is 26.0 Å². The molecule has 0 spiro atoms. The minimum absolute atomic E-state index is 0.266. The molecule has 27 heavy (non-hydrogen) atoms. The van der Waals surface area contributed by atoms with Gasteiger partial charge in [0.05, 0.1) is 14.2 Å². The minimum Gasteiger partial charge on any atom is -0.493 e. The molecule has 0 radical (unpaired) electrons. The molecule has 1 atom stereocenters. The Bertz CT molecular complexity index is 781. The number of ether oxygens (including phenoxy) is 2. The molecule has 3 N–H and O–H groups in total. The second kappa shape index (κ2) is 10.0. The third-order valence-corrected chi connectivity index (χ3v) is 3.72. The van der Waals surface area contributed by atoms with Gasteiger partial charge >= 0.3 is 0 Å². The first-order valence-corrected chi connectivity index (χ1v) is 8.39. The first kappa shape index (κ1) is 20.0. The van der Waals surface area contributed by atoms with Crippen molar-refractivity contribution < 1.29 is 19.1 Å². The van der Waals surface area contributed by atoms with Gasteiger partial charge in [0.2, 0.25) is 6.10 Å². The Morgan fingerprint density at radius 2 is 2.00 bits per heavy atom. The van der Waals surface area contributed by atoms with E-state index in [2.05, 4.69) is 15.5 Å². The van der Waals surface area contributed by atoms with E-state index in [1.165, 1.54) is 0 Å². The van der Waals surface area contributed by atoms with Crippen LogP contribution >= 0.6 is 0 Å². The summed E-state index contributed by atoms with van der Waals surface area (Å²) < 4.78 is 10.4. The van der Waals surface area contributed by atoms with E-state index in [-0.39, 0.29) is 11.7 Å². The number of hydrogen-bond acceptors (Lipinski definition) is 6. The van der Waals surface area contributed by atoms with Crippen LogP contribution < -0.4 is 20.5 Å². The zero-order chi connectivity index (χ0) is 19.6. The van der Waals surface area contributed by atoms with Crippen LogP contribution in [0.4, 0.5) is 0 Å². The molecule has 1 unspecified atom stereocenters. The molecular weight excluding hydrogens is 348 g/mol. The number of nitrogens with two attached hydrogens (primary N) is 1. The lowest BCUT2D eigenvalue weighted by molar-refractivity contribution is -0.131. The molecule has 144 valence electrons. The largest absolute Gasteiger partial charge is 0.493 e. The SMILES string of the molecule is COc1ccc(CNC(=O)C(C)O/N=C(\N)Cc2cccnc2)cc1OC.